The highest BCUT2D eigenvalue weighted by Gasteiger charge is 2.15. The summed E-state index contributed by atoms with van der Waals surface area (Å²) in [6.07, 6.45) is 1.56. The van der Waals surface area contributed by atoms with Crippen LogP contribution in [-0.4, -0.2) is 35.0 Å². The lowest BCUT2D eigenvalue weighted by Gasteiger charge is -2.15. The van der Waals surface area contributed by atoms with Crippen LogP contribution in [0.5, 0.6) is 11.5 Å². The van der Waals surface area contributed by atoms with Crippen LogP contribution in [0.4, 0.5) is 5.69 Å². The molecule has 0 saturated heterocycles. The average molecular weight is 611 g/mol. The largest absolute Gasteiger partial charge is 0.490 e. The zero-order valence-corrected chi connectivity index (χ0v) is 24.1. The van der Waals surface area contributed by atoms with Crippen molar-refractivity contribution in [3.8, 4) is 22.9 Å². The van der Waals surface area contributed by atoms with E-state index in [-0.39, 0.29) is 18.1 Å². The molecule has 0 radical (unpaired) electrons. The van der Waals surface area contributed by atoms with E-state index >= 15 is 0 Å². The van der Waals surface area contributed by atoms with Gasteiger partial charge in [0.25, 0.3) is 11.5 Å². The monoisotopic (exact) mass is 610 g/mol. The minimum atomic E-state index is -0.300. The molecule has 1 aromatic heterocycles. The lowest BCUT2D eigenvalue weighted by molar-refractivity contribution is -0.118. The number of carbonyl (C=O) groups excluding carboxylic acids is 1. The summed E-state index contributed by atoms with van der Waals surface area (Å²) in [6, 6.07) is 27.7. The maximum absolute atomic E-state index is 13.4. The number of anilines is 1. The molecule has 0 spiro atoms. The van der Waals surface area contributed by atoms with Gasteiger partial charge in [-0.3, -0.25) is 9.59 Å². The number of amides is 1. The first-order chi connectivity index (χ1) is 19.9. The number of carbonyl (C=O) groups is 1. The zero-order valence-electron chi connectivity index (χ0n) is 22.5. The third kappa shape index (κ3) is 6.53. The number of nitrogens with zero attached hydrogens (tertiary/aromatic N) is 3. The number of para-hydroxylation sites is 1. The molecule has 0 atom stereocenters. The van der Waals surface area contributed by atoms with Crippen molar-refractivity contribution in [3.05, 3.63) is 117 Å². The third-order valence-corrected chi connectivity index (χ3v) is 6.71. The molecule has 8 nitrogen and oxygen atoms in total. The van der Waals surface area contributed by atoms with Crippen molar-refractivity contribution in [2.45, 2.75) is 13.8 Å². The summed E-state index contributed by atoms with van der Waals surface area (Å²) >= 11 is 3.54. The van der Waals surface area contributed by atoms with Crippen LogP contribution in [0.25, 0.3) is 22.3 Å². The first-order valence-corrected chi connectivity index (χ1v) is 13.8. The molecule has 0 fully saturated rings. The van der Waals surface area contributed by atoms with Gasteiger partial charge in [-0.15, -0.1) is 0 Å². The van der Waals surface area contributed by atoms with Crippen molar-refractivity contribution in [2.75, 3.05) is 18.5 Å². The van der Waals surface area contributed by atoms with E-state index in [1.807, 2.05) is 80.6 Å². The van der Waals surface area contributed by atoms with Gasteiger partial charge in [-0.25, -0.2) is 4.98 Å². The summed E-state index contributed by atoms with van der Waals surface area (Å²) in [7, 11) is 0. The zero-order chi connectivity index (χ0) is 28.8. The summed E-state index contributed by atoms with van der Waals surface area (Å²) in [5, 5.41) is 7.82. The van der Waals surface area contributed by atoms with Crippen LogP contribution in [0.1, 0.15) is 18.1 Å². The van der Waals surface area contributed by atoms with Gasteiger partial charge in [0.05, 0.1) is 28.2 Å². The summed E-state index contributed by atoms with van der Waals surface area (Å²) < 4.78 is 13.5. The fraction of sp³-hybridized carbons (Fsp3) is 0.125. The molecule has 1 amide bonds. The highest BCUT2D eigenvalue weighted by atomic mass is 79.9. The maximum Gasteiger partial charge on any atom is 0.282 e. The molecule has 0 bridgehead atoms. The lowest BCUT2D eigenvalue weighted by Crippen LogP contribution is -2.20. The number of ether oxygens (including phenoxy) is 2. The first kappa shape index (κ1) is 27.8. The molecule has 41 heavy (non-hydrogen) atoms. The summed E-state index contributed by atoms with van der Waals surface area (Å²) in [4.78, 5) is 30.7. The van der Waals surface area contributed by atoms with Gasteiger partial charge < -0.3 is 14.8 Å². The van der Waals surface area contributed by atoms with Gasteiger partial charge in [-0.05, 0) is 71.7 Å². The molecule has 0 saturated carbocycles. The van der Waals surface area contributed by atoms with Gasteiger partial charge in [0.15, 0.2) is 23.9 Å². The van der Waals surface area contributed by atoms with Gasteiger partial charge in [0, 0.05) is 11.3 Å². The number of aromatic nitrogens is 2. The summed E-state index contributed by atoms with van der Waals surface area (Å²) in [5.74, 6) is 0.941. The van der Waals surface area contributed by atoms with Crippen molar-refractivity contribution >= 4 is 44.6 Å². The number of rotatable bonds is 9. The van der Waals surface area contributed by atoms with E-state index in [9.17, 15) is 9.59 Å². The normalized spacial score (nSPS) is 11.1. The van der Waals surface area contributed by atoms with Crippen molar-refractivity contribution in [1.82, 2.24) is 9.66 Å². The van der Waals surface area contributed by atoms with Crippen LogP contribution in [0.15, 0.2) is 105 Å². The molecule has 0 aliphatic heterocycles. The van der Waals surface area contributed by atoms with Crippen LogP contribution in [0, 0.1) is 6.92 Å². The Bertz CT molecular complexity index is 1780. The Labute approximate surface area is 245 Å². The first-order valence-electron chi connectivity index (χ1n) is 13.0. The van der Waals surface area contributed by atoms with Gasteiger partial charge >= 0.3 is 0 Å². The number of halogens is 1. The van der Waals surface area contributed by atoms with Gasteiger partial charge in [-0.1, -0.05) is 60.2 Å². The van der Waals surface area contributed by atoms with Crippen molar-refractivity contribution in [1.29, 1.82) is 0 Å². The summed E-state index contributed by atoms with van der Waals surface area (Å²) in [5.41, 5.74) is 3.51. The Balaban J connectivity index is 1.44. The van der Waals surface area contributed by atoms with E-state index in [1.54, 1.807) is 30.5 Å². The number of benzene rings is 4. The van der Waals surface area contributed by atoms with Crippen molar-refractivity contribution < 1.29 is 14.3 Å². The molecular weight excluding hydrogens is 584 g/mol. The second-order valence-corrected chi connectivity index (χ2v) is 10.0. The predicted molar refractivity (Wildman–Crippen MR) is 165 cm³/mol. The molecule has 9 heteroatoms. The van der Waals surface area contributed by atoms with E-state index < -0.39 is 0 Å². The Morgan fingerprint density at radius 1 is 1.00 bits per heavy atom. The second-order valence-electron chi connectivity index (χ2n) is 9.15. The van der Waals surface area contributed by atoms with Crippen LogP contribution in [-0.2, 0) is 4.79 Å². The van der Waals surface area contributed by atoms with Gasteiger partial charge in [0.1, 0.15) is 0 Å². The highest BCUT2D eigenvalue weighted by Crippen LogP contribution is 2.36. The number of fused-ring (bicyclic) bond motifs is 1. The van der Waals surface area contributed by atoms with Crippen LogP contribution < -0.4 is 20.3 Å². The third-order valence-electron chi connectivity index (χ3n) is 6.12. The Hall–Kier alpha value is -4.76. The van der Waals surface area contributed by atoms with Crippen LogP contribution >= 0.6 is 15.9 Å². The topological polar surface area (TPSA) is 94.8 Å². The Kier molecular flexibility index (Phi) is 8.55. The van der Waals surface area contributed by atoms with E-state index in [4.69, 9.17) is 14.5 Å². The molecular formula is C32H27BrN4O4. The Morgan fingerprint density at radius 2 is 1.73 bits per heavy atom. The molecule has 206 valence electrons. The quantitative estimate of drug-likeness (QED) is 0.194. The average Bonchev–Trinajstić information content (AvgIpc) is 2.98. The molecule has 1 N–H and O–H groups in total. The molecule has 0 aliphatic rings. The van der Waals surface area contributed by atoms with Crippen molar-refractivity contribution in [2.24, 2.45) is 5.10 Å². The van der Waals surface area contributed by atoms with Gasteiger partial charge in [0.2, 0.25) is 0 Å². The van der Waals surface area contributed by atoms with Crippen molar-refractivity contribution in [3.63, 3.8) is 0 Å². The molecule has 4 aromatic carbocycles. The van der Waals surface area contributed by atoms with E-state index in [2.05, 4.69) is 26.3 Å². The molecule has 0 unspecified atom stereocenters. The molecule has 1 heterocycles. The van der Waals surface area contributed by atoms with E-state index in [0.717, 1.165) is 11.1 Å². The van der Waals surface area contributed by atoms with E-state index in [1.165, 1.54) is 4.68 Å². The standard InChI is InChI=1S/C32H27BrN4O4/c1-3-40-28-18-22(17-26(33)30(28)41-20-29(38)35-24-15-13-21(2)14-16-24)19-34-37-31(23-9-5-4-6-10-23)36-27-12-8-7-11-25(27)32(37)39/h4-19H,3,20H2,1-2H3,(H,35,38). The SMILES string of the molecule is CCOc1cc(C=Nn2c(-c3ccccc3)nc3ccccc3c2=O)cc(Br)c1OCC(=O)Nc1ccc(C)cc1. The second kappa shape index (κ2) is 12.6. The van der Waals surface area contributed by atoms with E-state index in [0.29, 0.717) is 50.6 Å². The Morgan fingerprint density at radius 3 is 2.49 bits per heavy atom. The molecule has 5 rings (SSSR count). The van der Waals surface area contributed by atoms with Gasteiger partial charge in [-0.2, -0.15) is 9.78 Å². The van der Waals surface area contributed by atoms with Crippen LogP contribution in [0.3, 0.4) is 0 Å². The fourth-order valence-electron chi connectivity index (χ4n) is 4.17. The summed E-state index contributed by atoms with van der Waals surface area (Å²) in [6.45, 7) is 4.01. The molecule has 0 aliphatic carbocycles. The lowest BCUT2D eigenvalue weighted by atomic mass is 10.2. The minimum Gasteiger partial charge on any atom is -0.490 e. The number of hydrogen-bond acceptors (Lipinski definition) is 6. The number of hydrogen-bond donors (Lipinski definition) is 1. The fourth-order valence-corrected chi connectivity index (χ4v) is 4.74. The molecule has 5 aromatic rings. The number of aryl methyl sites for hydroxylation is 1. The number of nitrogens with one attached hydrogen (secondary N) is 1. The minimum absolute atomic E-state index is 0.210. The smallest absolute Gasteiger partial charge is 0.282 e. The maximum atomic E-state index is 13.4. The predicted octanol–water partition coefficient (Wildman–Crippen LogP) is 6.43. The highest BCUT2D eigenvalue weighted by molar-refractivity contribution is 9.10. The van der Waals surface area contributed by atoms with Crippen LogP contribution in [0.2, 0.25) is 0 Å².